The van der Waals surface area contributed by atoms with Gasteiger partial charge in [-0.15, -0.1) is 0 Å². The number of benzene rings is 3. The number of hydrogen-bond acceptors (Lipinski definition) is 11. The summed E-state index contributed by atoms with van der Waals surface area (Å²) in [6.45, 7) is 3.65. The van der Waals surface area contributed by atoms with Crippen molar-refractivity contribution in [2.75, 3.05) is 6.61 Å². The van der Waals surface area contributed by atoms with E-state index in [-0.39, 0.29) is 73.6 Å². The Hall–Kier alpha value is -5.78. The first-order chi connectivity index (χ1) is 18.0. The largest absolute Gasteiger partial charge is 0.508 e. The highest BCUT2D eigenvalue weighted by Crippen LogP contribution is 2.21. The van der Waals surface area contributed by atoms with Gasteiger partial charge < -0.3 is 67.1 Å². The summed E-state index contributed by atoms with van der Waals surface area (Å²) in [5.41, 5.74) is -0.410. The number of phenols is 6. The number of rotatable bonds is 4. The second-order valence-corrected chi connectivity index (χ2v) is 7.05. The van der Waals surface area contributed by atoms with Gasteiger partial charge in [-0.05, 0) is 43.3 Å². The molecule has 0 spiro atoms. The van der Waals surface area contributed by atoms with Gasteiger partial charge in [0.25, 0.3) is 0 Å². The van der Waals surface area contributed by atoms with E-state index in [2.05, 4.69) is 4.74 Å². The summed E-state index contributed by atoms with van der Waals surface area (Å²) in [7, 11) is 0. The molecule has 42 heavy (non-hydrogen) atoms. The molecule has 0 aromatic heterocycles. The summed E-state index contributed by atoms with van der Waals surface area (Å²) in [5, 5.41) is 78.2. The van der Waals surface area contributed by atoms with Crippen molar-refractivity contribution in [1.82, 2.24) is 0 Å². The lowest BCUT2D eigenvalue weighted by Crippen LogP contribution is -1.95. The molecule has 0 saturated carbocycles. The lowest BCUT2D eigenvalue weighted by atomic mass is 10.2. The second kappa shape index (κ2) is 21.1. The van der Waals surface area contributed by atoms with E-state index in [9.17, 15) is 19.2 Å². The van der Waals surface area contributed by atoms with Crippen LogP contribution in [0.25, 0.3) is 0 Å². The molecule has 0 aliphatic carbocycles. The minimum Gasteiger partial charge on any atom is -0.508 e. The molecule has 3 aromatic carbocycles. The SMILES string of the molecule is CCOC(C)=O.O.O.O.O=C(O)c1cc(O)cc(O)c1.O=C(O)c1cc(O)cc(O)c1.O=C(O)c1cc(O)cc(O)c1. The third-order valence-electron chi connectivity index (χ3n) is 3.80. The van der Waals surface area contributed by atoms with E-state index in [0.717, 1.165) is 54.6 Å². The van der Waals surface area contributed by atoms with Gasteiger partial charge in [-0.1, -0.05) is 0 Å². The van der Waals surface area contributed by atoms with Crippen LogP contribution in [0.5, 0.6) is 34.5 Å². The molecule has 0 atom stereocenters. The predicted octanol–water partition coefficient (Wildman–Crippen LogP) is 0.483. The van der Waals surface area contributed by atoms with Gasteiger partial charge in [0.2, 0.25) is 0 Å². The number of ether oxygens (including phenoxy) is 1. The van der Waals surface area contributed by atoms with Crippen molar-refractivity contribution in [2.45, 2.75) is 13.8 Å². The molecule has 17 heteroatoms. The molecule has 0 unspecified atom stereocenters. The summed E-state index contributed by atoms with van der Waals surface area (Å²) >= 11 is 0. The normalized spacial score (nSPS) is 8.52. The number of aromatic carboxylic acids is 3. The maximum atomic E-state index is 10.3. The molecule has 0 radical (unpaired) electrons. The standard InChI is InChI=1S/3C7H6O4.C4H8O2.3H2O/c3*8-5-1-4(7(10)11)2-6(9)3-5;1-3-6-4(2)5;;;/h3*1-3,8-9H,(H,10,11);3H2,1-2H3;3*1H2. The molecule has 3 aromatic rings. The first kappa shape index (κ1) is 43.3. The third kappa shape index (κ3) is 18.5. The van der Waals surface area contributed by atoms with Crippen LogP contribution in [0.1, 0.15) is 44.9 Å². The van der Waals surface area contributed by atoms with Gasteiger partial charge in [0.05, 0.1) is 23.3 Å². The van der Waals surface area contributed by atoms with E-state index in [1.54, 1.807) is 6.92 Å². The Bertz CT molecular complexity index is 1100. The smallest absolute Gasteiger partial charge is 0.335 e. The first-order valence-corrected chi connectivity index (χ1v) is 10.5. The van der Waals surface area contributed by atoms with Crippen LogP contribution in [-0.4, -0.2) is 92.9 Å². The number of hydrogen-bond donors (Lipinski definition) is 9. The van der Waals surface area contributed by atoms with Gasteiger partial charge in [-0.25, -0.2) is 14.4 Å². The molecule has 0 aliphatic heterocycles. The Kier molecular flexibility index (Phi) is 21.7. The average molecular weight is 605 g/mol. The van der Waals surface area contributed by atoms with Gasteiger partial charge in [0, 0.05) is 25.1 Å². The Morgan fingerprint density at radius 3 is 0.786 bits per heavy atom. The van der Waals surface area contributed by atoms with Crippen molar-refractivity contribution in [1.29, 1.82) is 0 Å². The predicted molar refractivity (Wildman–Crippen MR) is 143 cm³/mol. The maximum Gasteiger partial charge on any atom is 0.335 e. The van der Waals surface area contributed by atoms with Crippen LogP contribution in [0.4, 0.5) is 0 Å². The van der Waals surface area contributed by atoms with Crippen molar-refractivity contribution in [3.05, 3.63) is 71.3 Å². The van der Waals surface area contributed by atoms with Crippen LogP contribution in [0, 0.1) is 0 Å². The number of esters is 1. The Morgan fingerprint density at radius 1 is 0.500 bits per heavy atom. The number of carbonyl (C=O) groups is 4. The lowest BCUT2D eigenvalue weighted by molar-refractivity contribution is -0.140. The molecular formula is C25H32O17. The highest BCUT2D eigenvalue weighted by atomic mass is 16.5. The highest BCUT2D eigenvalue weighted by molar-refractivity contribution is 5.89. The van der Waals surface area contributed by atoms with Crippen LogP contribution in [0.15, 0.2) is 54.6 Å². The van der Waals surface area contributed by atoms with Crippen molar-refractivity contribution < 1.29 is 86.3 Å². The Balaban J connectivity index is -0.000000229. The van der Waals surface area contributed by atoms with Gasteiger partial charge in [-0.2, -0.15) is 0 Å². The molecule has 0 bridgehead atoms. The molecule has 17 nitrogen and oxygen atoms in total. The van der Waals surface area contributed by atoms with Crippen LogP contribution in [0.3, 0.4) is 0 Å². The maximum absolute atomic E-state index is 10.3. The minimum absolute atomic E-state index is 0. The fourth-order valence-corrected chi connectivity index (χ4v) is 2.36. The fourth-order valence-electron chi connectivity index (χ4n) is 2.36. The first-order valence-electron chi connectivity index (χ1n) is 10.5. The monoisotopic (exact) mass is 604 g/mol. The highest BCUT2D eigenvalue weighted by Gasteiger charge is 2.06. The fraction of sp³-hybridized carbons (Fsp3) is 0.120. The zero-order valence-electron chi connectivity index (χ0n) is 22.0. The molecule has 0 aliphatic rings. The van der Waals surface area contributed by atoms with Crippen molar-refractivity contribution in [3.8, 4) is 34.5 Å². The van der Waals surface area contributed by atoms with E-state index in [0.29, 0.717) is 6.61 Å². The topological polar surface area (TPSA) is 354 Å². The summed E-state index contributed by atoms with van der Waals surface area (Å²) in [6.07, 6.45) is 0. The van der Waals surface area contributed by atoms with E-state index in [1.165, 1.54) is 6.92 Å². The van der Waals surface area contributed by atoms with Crippen LogP contribution < -0.4 is 0 Å². The van der Waals surface area contributed by atoms with Crippen LogP contribution in [0.2, 0.25) is 0 Å². The molecule has 0 saturated heterocycles. The molecule has 0 fully saturated rings. The molecule has 3 rings (SSSR count). The average Bonchev–Trinajstić information content (AvgIpc) is 2.78. The summed E-state index contributed by atoms with van der Waals surface area (Å²) in [5.74, 6) is -5.33. The van der Waals surface area contributed by atoms with Gasteiger partial charge in [0.15, 0.2) is 0 Å². The van der Waals surface area contributed by atoms with Gasteiger partial charge in [-0.3, -0.25) is 4.79 Å². The molecule has 234 valence electrons. The van der Waals surface area contributed by atoms with Gasteiger partial charge >= 0.3 is 23.9 Å². The number of carboxylic acids is 3. The number of carboxylic acid groups (broad SMARTS) is 3. The van der Waals surface area contributed by atoms with Crippen molar-refractivity contribution in [3.63, 3.8) is 0 Å². The zero-order chi connectivity index (χ0) is 30.3. The van der Waals surface area contributed by atoms with E-state index in [1.807, 2.05) is 0 Å². The molecule has 0 heterocycles. The summed E-state index contributed by atoms with van der Waals surface area (Å²) in [6, 6.07) is 9.53. The number of aromatic hydroxyl groups is 6. The van der Waals surface area contributed by atoms with E-state index < -0.39 is 17.9 Å². The number of carbonyl (C=O) groups excluding carboxylic acids is 1. The van der Waals surface area contributed by atoms with Crippen LogP contribution in [-0.2, 0) is 9.53 Å². The van der Waals surface area contributed by atoms with E-state index in [4.69, 9.17) is 46.0 Å². The zero-order valence-corrected chi connectivity index (χ0v) is 22.0. The quantitative estimate of drug-likeness (QED) is 0.183. The van der Waals surface area contributed by atoms with Crippen LogP contribution >= 0.6 is 0 Å². The summed E-state index contributed by atoms with van der Waals surface area (Å²) < 4.78 is 4.40. The lowest BCUT2D eigenvalue weighted by Gasteiger charge is -1.96. The summed E-state index contributed by atoms with van der Waals surface area (Å²) in [4.78, 5) is 40.7. The molecule has 0 amide bonds. The Labute approximate surface area is 236 Å². The van der Waals surface area contributed by atoms with Crippen molar-refractivity contribution >= 4 is 23.9 Å². The van der Waals surface area contributed by atoms with Gasteiger partial charge in [0.1, 0.15) is 34.5 Å². The van der Waals surface area contributed by atoms with Crippen molar-refractivity contribution in [2.24, 2.45) is 0 Å². The third-order valence-corrected chi connectivity index (χ3v) is 3.80. The van der Waals surface area contributed by atoms with E-state index >= 15 is 0 Å². The number of phenolic OH excluding ortho intramolecular Hbond substituents is 6. The Morgan fingerprint density at radius 2 is 0.690 bits per heavy atom. The molecule has 15 N–H and O–H groups in total. The molecular weight excluding hydrogens is 572 g/mol. The minimum atomic E-state index is -1.18. The second-order valence-electron chi connectivity index (χ2n) is 7.05.